The second kappa shape index (κ2) is 3.20. The van der Waals surface area contributed by atoms with Crippen LogP contribution in [0.25, 0.3) is 0 Å². The SMILES string of the molecule is Cc1ccc(C2N3CC4(C)CN2CC(C)(C3)C4)o1. The van der Waals surface area contributed by atoms with Crippen LogP contribution >= 0.6 is 0 Å². The van der Waals surface area contributed by atoms with Gasteiger partial charge in [-0.05, 0) is 36.3 Å². The number of aryl methyl sites for hydroxylation is 1. The molecular formula is C15H22N2O. The third-order valence-electron chi connectivity index (χ3n) is 4.90. The molecule has 0 atom stereocenters. The van der Waals surface area contributed by atoms with Gasteiger partial charge >= 0.3 is 0 Å². The summed E-state index contributed by atoms with van der Waals surface area (Å²) in [6.07, 6.45) is 1.77. The highest BCUT2D eigenvalue weighted by Gasteiger charge is 2.56. The fraction of sp³-hybridized carbons (Fsp3) is 0.733. The Hall–Kier alpha value is -0.800. The van der Waals surface area contributed by atoms with Gasteiger partial charge in [0.15, 0.2) is 0 Å². The molecule has 5 rings (SSSR count). The van der Waals surface area contributed by atoms with Crippen molar-refractivity contribution < 1.29 is 4.42 Å². The van der Waals surface area contributed by atoms with E-state index in [1.165, 1.54) is 32.6 Å². The Morgan fingerprint density at radius 1 is 1.06 bits per heavy atom. The summed E-state index contributed by atoms with van der Waals surface area (Å²) in [4.78, 5) is 5.27. The maximum atomic E-state index is 5.89. The molecule has 4 fully saturated rings. The van der Waals surface area contributed by atoms with Gasteiger partial charge in [-0.1, -0.05) is 13.8 Å². The summed E-state index contributed by atoms with van der Waals surface area (Å²) in [6.45, 7) is 11.8. The molecule has 4 aliphatic rings. The Labute approximate surface area is 109 Å². The molecule has 4 bridgehead atoms. The van der Waals surface area contributed by atoms with Crippen molar-refractivity contribution in [1.29, 1.82) is 0 Å². The van der Waals surface area contributed by atoms with E-state index in [9.17, 15) is 0 Å². The lowest BCUT2D eigenvalue weighted by Gasteiger charge is -2.65. The Bertz CT molecular complexity index is 456. The van der Waals surface area contributed by atoms with E-state index < -0.39 is 0 Å². The number of rotatable bonds is 1. The third kappa shape index (κ3) is 1.44. The van der Waals surface area contributed by atoms with Gasteiger partial charge in [-0.15, -0.1) is 0 Å². The van der Waals surface area contributed by atoms with E-state index in [0.717, 1.165) is 11.5 Å². The number of hydrogen-bond donors (Lipinski definition) is 0. The number of nitrogens with zero attached hydrogens (tertiary/aromatic N) is 2. The molecule has 5 heterocycles. The molecule has 98 valence electrons. The monoisotopic (exact) mass is 246 g/mol. The normalized spacial score (nSPS) is 49.8. The lowest BCUT2D eigenvalue weighted by molar-refractivity contribution is -0.199. The van der Waals surface area contributed by atoms with Crippen LogP contribution in [0.1, 0.15) is 38.0 Å². The number of piperidine rings is 2. The number of hydrogen-bond acceptors (Lipinski definition) is 3. The van der Waals surface area contributed by atoms with Crippen LogP contribution in [0.2, 0.25) is 0 Å². The molecule has 3 heteroatoms. The van der Waals surface area contributed by atoms with E-state index in [-0.39, 0.29) is 0 Å². The van der Waals surface area contributed by atoms with Crippen molar-refractivity contribution in [3.05, 3.63) is 23.7 Å². The van der Waals surface area contributed by atoms with Crippen molar-refractivity contribution in [2.75, 3.05) is 26.2 Å². The fourth-order valence-corrected chi connectivity index (χ4v) is 4.96. The molecule has 3 nitrogen and oxygen atoms in total. The Balaban J connectivity index is 1.73. The van der Waals surface area contributed by atoms with Gasteiger partial charge in [0.1, 0.15) is 17.7 Å². The van der Waals surface area contributed by atoms with Crippen LogP contribution < -0.4 is 0 Å². The van der Waals surface area contributed by atoms with Crippen LogP contribution in [0, 0.1) is 17.8 Å². The van der Waals surface area contributed by atoms with Gasteiger partial charge in [-0.2, -0.15) is 0 Å². The molecule has 0 aliphatic carbocycles. The molecule has 18 heavy (non-hydrogen) atoms. The van der Waals surface area contributed by atoms with Crippen molar-refractivity contribution in [3.8, 4) is 0 Å². The van der Waals surface area contributed by atoms with E-state index in [1.807, 2.05) is 6.92 Å². The van der Waals surface area contributed by atoms with Crippen LogP contribution in [-0.4, -0.2) is 36.0 Å². The fourth-order valence-electron chi connectivity index (χ4n) is 4.96. The molecule has 1 aromatic rings. The zero-order valence-corrected chi connectivity index (χ0v) is 11.6. The smallest absolute Gasteiger partial charge is 0.136 e. The molecule has 0 N–H and O–H groups in total. The lowest BCUT2D eigenvalue weighted by Crippen LogP contribution is -2.70. The summed E-state index contributed by atoms with van der Waals surface area (Å²) >= 11 is 0. The van der Waals surface area contributed by atoms with Gasteiger partial charge in [0, 0.05) is 26.2 Å². The first-order chi connectivity index (χ1) is 8.46. The van der Waals surface area contributed by atoms with Crippen LogP contribution in [0.15, 0.2) is 16.5 Å². The van der Waals surface area contributed by atoms with Crippen LogP contribution in [0.5, 0.6) is 0 Å². The van der Waals surface area contributed by atoms with Gasteiger partial charge in [0.05, 0.1) is 0 Å². The highest BCUT2D eigenvalue weighted by atomic mass is 16.3. The first kappa shape index (κ1) is 11.1. The van der Waals surface area contributed by atoms with Crippen LogP contribution in [0.3, 0.4) is 0 Å². The van der Waals surface area contributed by atoms with Gasteiger partial charge < -0.3 is 4.42 Å². The zero-order chi connectivity index (χ0) is 12.5. The van der Waals surface area contributed by atoms with Gasteiger partial charge in [-0.25, -0.2) is 0 Å². The minimum atomic E-state index is 0.389. The number of furan rings is 1. The van der Waals surface area contributed by atoms with Gasteiger partial charge in [0.25, 0.3) is 0 Å². The Morgan fingerprint density at radius 2 is 1.61 bits per heavy atom. The maximum absolute atomic E-state index is 5.89. The van der Waals surface area contributed by atoms with E-state index in [2.05, 4.69) is 35.8 Å². The average Bonchev–Trinajstić information content (AvgIpc) is 2.59. The lowest BCUT2D eigenvalue weighted by atomic mass is 9.63. The topological polar surface area (TPSA) is 19.6 Å². The second-order valence-electron chi connectivity index (χ2n) is 7.43. The molecule has 0 amide bonds. The summed E-state index contributed by atoms with van der Waals surface area (Å²) in [7, 11) is 0. The first-order valence-corrected chi connectivity index (χ1v) is 7.01. The van der Waals surface area contributed by atoms with E-state index in [0.29, 0.717) is 17.0 Å². The summed E-state index contributed by atoms with van der Waals surface area (Å²) < 4.78 is 5.89. The van der Waals surface area contributed by atoms with Gasteiger partial charge in [0.2, 0.25) is 0 Å². The van der Waals surface area contributed by atoms with Crippen molar-refractivity contribution in [2.24, 2.45) is 10.8 Å². The largest absolute Gasteiger partial charge is 0.463 e. The third-order valence-corrected chi connectivity index (χ3v) is 4.90. The molecule has 0 radical (unpaired) electrons. The molecule has 0 unspecified atom stereocenters. The quantitative estimate of drug-likeness (QED) is 0.759. The molecule has 4 aliphatic heterocycles. The molecule has 1 aromatic heterocycles. The Morgan fingerprint density at radius 3 is 2.06 bits per heavy atom. The highest BCUT2D eigenvalue weighted by Crippen LogP contribution is 2.54. The van der Waals surface area contributed by atoms with E-state index in [1.54, 1.807) is 0 Å². The maximum Gasteiger partial charge on any atom is 0.136 e. The summed E-state index contributed by atoms with van der Waals surface area (Å²) in [6, 6.07) is 4.25. The van der Waals surface area contributed by atoms with Gasteiger partial charge in [-0.3, -0.25) is 9.80 Å². The second-order valence-corrected chi connectivity index (χ2v) is 7.43. The minimum Gasteiger partial charge on any atom is -0.463 e. The zero-order valence-electron chi connectivity index (χ0n) is 11.6. The predicted octanol–water partition coefficient (Wildman–Crippen LogP) is 2.63. The Kier molecular flexibility index (Phi) is 1.97. The standard InChI is InChI=1S/C15H22N2O/c1-11-4-5-12(18-11)13-16-7-14(2)6-15(3,9-16)10-17(13)8-14/h4-5,13H,6-10H2,1-3H3. The van der Waals surface area contributed by atoms with E-state index >= 15 is 0 Å². The summed E-state index contributed by atoms with van der Waals surface area (Å²) in [5.41, 5.74) is 0.979. The first-order valence-electron chi connectivity index (χ1n) is 7.01. The molecule has 0 aromatic carbocycles. The van der Waals surface area contributed by atoms with Crippen molar-refractivity contribution in [1.82, 2.24) is 9.80 Å². The average molecular weight is 246 g/mol. The molecule has 0 saturated carbocycles. The molecule has 4 saturated heterocycles. The van der Waals surface area contributed by atoms with Crippen molar-refractivity contribution >= 4 is 0 Å². The minimum absolute atomic E-state index is 0.389. The summed E-state index contributed by atoms with van der Waals surface area (Å²) in [5.74, 6) is 2.16. The van der Waals surface area contributed by atoms with Crippen molar-refractivity contribution in [3.63, 3.8) is 0 Å². The highest BCUT2D eigenvalue weighted by molar-refractivity contribution is 5.16. The van der Waals surface area contributed by atoms with Crippen LogP contribution in [-0.2, 0) is 0 Å². The molecular weight excluding hydrogens is 224 g/mol. The molecule has 0 spiro atoms. The predicted molar refractivity (Wildman–Crippen MR) is 70.2 cm³/mol. The van der Waals surface area contributed by atoms with Crippen molar-refractivity contribution in [2.45, 2.75) is 33.4 Å². The van der Waals surface area contributed by atoms with Crippen LogP contribution in [0.4, 0.5) is 0 Å². The summed E-state index contributed by atoms with van der Waals surface area (Å²) in [5, 5.41) is 0. The van der Waals surface area contributed by atoms with E-state index in [4.69, 9.17) is 4.42 Å².